The summed E-state index contributed by atoms with van der Waals surface area (Å²) in [5, 5.41) is 2.90. The summed E-state index contributed by atoms with van der Waals surface area (Å²) >= 11 is 1.70. The molecular formula is C16H20N2O2S. The molecule has 0 aromatic heterocycles. The molecule has 0 spiro atoms. The van der Waals surface area contributed by atoms with Crippen LogP contribution in [0, 0.1) is 0 Å². The number of thioether (sulfide) groups is 1. The summed E-state index contributed by atoms with van der Waals surface area (Å²) in [6, 6.07) is 5.54. The molecule has 1 N–H and O–H groups in total. The first-order valence-electron chi connectivity index (χ1n) is 7.01. The number of benzene rings is 1. The number of hydrogen-bond donors (Lipinski definition) is 1. The number of carbonyl (C=O) groups excluding carboxylic acids is 2. The van der Waals surface area contributed by atoms with Crippen molar-refractivity contribution in [2.24, 2.45) is 0 Å². The van der Waals surface area contributed by atoms with Gasteiger partial charge in [-0.15, -0.1) is 0 Å². The summed E-state index contributed by atoms with van der Waals surface area (Å²) in [6.45, 7) is 4.91. The monoisotopic (exact) mass is 304 g/mol. The zero-order valence-corrected chi connectivity index (χ0v) is 13.0. The zero-order chi connectivity index (χ0) is 15.2. The molecular weight excluding hydrogens is 284 g/mol. The van der Waals surface area contributed by atoms with Crippen molar-refractivity contribution in [3.05, 3.63) is 42.0 Å². The van der Waals surface area contributed by atoms with Crippen LogP contribution in [-0.2, 0) is 11.2 Å². The van der Waals surface area contributed by atoms with Crippen LogP contribution >= 0.6 is 11.8 Å². The Hall–Kier alpha value is -1.75. The molecule has 4 nitrogen and oxygen atoms in total. The van der Waals surface area contributed by atoms with E-state index < -0.39 is 0 Å². The van der Waals surface area contributed by atoms with Crippen molar-refractivity contribution in [1.82, 2.24) is 5.32 Å². The molecule has 112 valence electrons. The first kappa shape index (κ1) is 15.6. The molecule has 0 aliphatic carbocycles. The van der Waals surface area contributed by atoms with Gasteiger partial charge in [-0.1, -0.05) is 6.58 Å². The second-order valence-electron chi connectivity index (χ2n) is 4.89. The molecule has 0 fully saturated rings. The number of amides is 2. The lowest BCUT2D eigenvalue weighted by Crippen LogP contribution is -2.34. The van der Waals surface area contributed by atoms with Gasteiger partial charge in [0.2, 0.25) is 5.91 Å². The smallest absolute Gasteiger partial charge is 0.251 e. The highest BCUT2D eigenvalue weighted by Gasteiger charge is 2.21. The third kappa shape index (κ3) is 3.67. The highest BCUT2D eigenvalue weighted by Crippen LogP contribution is 2.28. The number of nitrogens with one attached hydrogen (secondary N) is 1. The average Bonchev–Trinajstić information content (AvgIpc) is 2.53. The van der Waals surface area contributed by atoms with Crippen LogP contribution < -0.4 is 10.2 Å². The molecule has 2 rings (SSSR count). The van der Waals surface area contributed by atoms with Crippen LogP contribution in [0.4, 0.5) is 5.69 Å². The summed E-state index contributed by atoms with van der Waals surface area (Å²) < 4.78 is 0. The third-order valence-corrected chi connectivity index (χ3v) is 4.11. The fourth-order valence-electron chi connectivity index (χ4n) is 2.45. The van der Waals surface area contributed by atoms with Gasteiger partial charge in [0.1, 0.15) is 0 Å². The summed E-state index contributed by atoms with van der Waals surface area (Å²) in [4.78, 5) is 25.6. The van der Waals surface area contributed by atoms with Gasteiger partial charge in [-0.05, 0) is 48.9 Å². The Morgan fingerprint density at radius 1 is 1.48 bits per heavy atom. The van der Waals surface area contributed by atoms with Crippen LogP contribution in [0.15, 0.2) is 30.9 Å². The maximum atomic E-state index is 12.1. The van der Waals surface area contributed by atoms with E-state index in [9.17, 15) is 9.59 Å². The molecule has 1 aliphatic rings. The fraction of sp³-hybridized carbons (Fsp3) is 0.375. The van der Waals surface area contributed by atoms with E-state index in [0.29, 0.717) is 18.7 Å². The topological polar surface area (TPSA) is 49.4 Å². The zero-order valence-electron chi connectivity index (χ0n) is 12.2. The van der Waals surface area contributed by atoms with Gasteiger partial charge in [0.15, 0.2) is 0 Å². The lowest BCUT2D eigenvalue weighted by molar-refractivity contribution is -0.114. The van der Waals surface area contributed by atoms with Crippen molar-refractivity contribution < 1.29 is 9.59 Å². The highest BCUT2D eigenvalue weighted by atomic mass is 32.2. The van der Waals surface area contributed by atoms with E-state index in [0.717, 1.165) is 29.8 Å². The number of rotatable bonds is 5. The predicted octanol–water partition coefficient (Wildman–Crippen LogP) is 2.24. The van der Waals surface area contributed by atoms with Gasteiger partial charge in [-0.2, -0.15) is 11.8 Å². The molecule has 0 saturated carbocycles. The molecule has 1 heterocycles. The summed E-state index contributed by atoms with van der Waals surface area (Å²) in [6.07, 6.45) is 5.14. The largest absolute Gasteiger partial charge is 0.351 e. The van der Waals surface area contributed by atoms with E-state index in [-0.39, 0.29) is 11.8 Å². The van der Waals surface area contributed by atoms with Crippen molar-refractivity contribution in [2.75, 3.05) is 30.0 Å². The van der Waals surface area contributed by atoms with E-state index in [4.69, 9.17) is 0 Å². The molecule has 0 atom stereocenters. The van der Waals surface area contributed by atoms with Crippen LogP contribution in [0.25, 0.3) is 0 Å². The van der Waals surface area contributed by atoms with Gasteiger partial charge < -0.3 is 10.2 Å². The molecule has 1 aliphatic heterocycles. The van der Waals surface area contributed by atoms with Gasteiger partial charge in [0.25, 0.3) is 5.91 Å². The lowest BCUT2D eigenvalue weighted by atomic mass is 9.98. The van der Waals surface area contributed by atoms with Crippen molar-refractivity contribution in [1.29, 1.82) is 0 Å². The Kier molecular flexibility index (Phi) is 5.44. The normalized spacial score (nSPS) is 13.5. The quantitative estimate of drug-likeness (QED) is 0.670. The summed E-state index contributed by atoms with van der Waals surface area (Å²) in [5.74, 6) is 0.755. The number of carbonyl (C=O) groups is 2. The van der Waals surface area contributed by atoms with E-state index >= 15 is 0 Å². The number of nitrogens with zero attached hydrogens (tertiary/aromatic N) is 1. The minimum Gasteiger partial charge on any atom is -0.351 e. The standard InChI is InChI=1S/C16H20N2O2S/c1-3-15(19)18-9-4-5-12-11-13(6-7-14(12)18)16(20)17-8-10-21-2/h3,6-7,11H,1,4-5,8-10H2,2H3,(H,17,20). The van der Waals surface area contributed by atoms with Gasteiger partial charge in [-0.25, -0.2) is 0 Å². The van der Waals surface area contributed by atoms with Crippen LogP contribution in [-0.4, -0.2) is 36.9 Å². The van der Waals surface area contributed by atoms with Crippen molar-refractivity contribution >= 4 is 29.3 Å². The minimum absolute atomic E-state index is 0.0565. The molecule has 0 saturated heterocycles. The molecule has 5 heteroatoms. The second-order valence-corrected chi connectivity index (χ2v) is 5.88. The molecule has 1 aromatic carbocycles. The molecule has 0 radical (unpaired) electrons. The molecule has 0 bridgehead atoms. The number of hydrogen-bond acceptors (Lipinski definition) is 3. The Morgan fingerprint density at radius 2 is 2.29 bits per heavy atom. The minimum atomic E-state index is -0.0897. The van der Waals surface area contributed by atoms with Gasteiger partial charge >= 0.3 is 0 Å². The van der Waals surface area contributed by atoms with Gasteiger partial charge in [0, 0.05) is 30.1 Å². The second kappa shape index (κ2) is 7.31. The van der Waals surface area contributed by atoms with E-state index in [1.165, 1.54) is 6.08 Å². The van der Waals surface area contributed by atoms with Crippen LogP contribution in [0.2, 0.25) is 0 Å². The maximum Gasteiger partial charge on any atom is 0.251 e. The third-order valence-electron chi connectivity index (χ3n) is 3.49. The van der Waals surface area contributed by atoms with E-state index in [1.807, 2.05) is 18.4 Å². The Balaban J connectivity index is 2.17. The highest BCUT2D eigenvalue weighted by molar-refractivity contribution is 7.98. The first-order chi connectivity index (χ1) is 10.2. The van der Waals surface area contributed by atoms with Crippen molar-refractivity contribution in [2.45, 2.75) is 12.8 Å². The molecule has 21 heavy (non-hydrogen) atoms. The first-order valence-corrected chi connectivity index (χ1v) is 8.40. The Bertz CT molecular complexity index is 557. The van der Waals surface area contributed by atoms with Gasteiger partial charge in [0.05, 0.1) is 0 Å². The van der Waals surface area contributed by atoms with Gasteiger partial charge in [-0.3, -0.25) is 9.59 Å². The van der Waals surface area contributed by atoms with Crippen molar-refractivity contribution in [3.8, 4) is 0 Å². The van der Waals surface area contributed by atoms with Crippen LogP contribution in [0.3, 0.4) is 0 Å². The number of fused-ring (bicyclic) bond motifs is 1. The predicted molar refractivity (Wildman–Crippen MR) is 88.0 cm³/mol. The Morgan fingerprint density at radius 3 is 3.00 bits per heavy atom. The van der Waals surface area contributed by atoms with Crippen molar-refractivity contribution in [3.63, 3.8) is 0 Å². The van der Waals surface area contributed by atoms with Crippen LogP contribution in [0.1, 0.15) is 22.3 Å². The molecule has 0 unspecified atom stereocenters. The molecule has 2 amide bonds. The average molecular weight is 304 g/mol. The number of anilines is 1. The fourth-order valence-corrected chi connectivity index (χ4v) is 2.75. The van der Waals surface area contributed by atoms with E-state index in [1.54, 1.807) is 22.7 Å². The lowest BCUT2D eigenvalue weighted by Gasteiger charge is -2.28. The summed E-state index contributed by atoms with van der Waals surface area (Å²) in [7, 11) is 0. The van der Waals surface area contributed by atoms with E-state index in [2.05, 4.69) is 11.9 Å². The summed E-state index contributed by atoms with van der Waals surface area (Å²) in [5.41, 5.74) is 2.60. The SMILES string of the molecule is C=CC(=O)N1CCCc2cc(C(=O)NCCSC)ccc21. The maximum absolute atomic E-state index is 12.1. The number of aryl methyl sites for hydroxylation is 1. The Labute approximate surface area is 129 Å². The van der Waals surface area contributed by atoms with Crippen LogP contribution in [0.5, 0.6) is 0 Å². The molecule has 1 aromatic rings.